The molecule has 0 aliphatic rings. The summed E-state index contributed by atoms with van der Waals surface area (Å²) in [6, 6.07) is 0. The lowest BCUT2D eigenvalue weighted by atomic mass is 9.96. The molecule has 0 aromatic heterocycles. The molecule has 16 heavy (non-hydrogen) atoms. The molecule has 0 bridgehead atoms. The van der Waals surface area contributed by atoms with Crippen LogP contribution in [0.4, 0.5) is 0 Å². The van der Waals surface area contributed by atoms with Gasteiger partial charge in [-0.3, -0.25) is 0 Å². The minimum atomic E-state index is -3.21. The summed E-state index contributed by atoms with van der Waals surface area (Å²) in [5.41, 5.74) is -0.953. The van der Waals surface area contributed by atoms with Crippen molar-refractivity contribution in [2.45, 2.75) is 52.6 Å². The molecular formula is C11H25NO3S. The molecule has 0 aliphatic carbocycles. The molecule has 0 aliphatic heterocycles. The lowest BCUT2D eigenvalue weighted by molar-refractivity contribution is 0.0506. The molecule has 0 radical (unpaired) electrons. The van der Waals surface area contributed by atoms with Crippen LogP contribution in [0.15, 0.2) is 0 Å². The SMILES string of the molecule is CCCS(=O)(=O)NC[C@](C)(O)CCC(C)C. The highest BCUT2D eigenvalue weighted by molar-refractivity contribution is 7.89. The van der Waals surface area contributed by atoms with Crippen LogP contribution in [-0.4, -0.2) is 31.4 Å². The molecule has 0 aromatic rings. The van der Waals surface area contributed by atoms with E-state index in [-0.39, 0.29) is 12.3 Å². The summed E-state index contributed by atoms with van der Waals surface area (Å²) < 4.78 is 25.2. The molecular weight excluding hydrogens is 226 g/mol. The number of hydrogen-bond donors (Lipinski definition) is 2. The molecule has 0 aromatic carbocycles. The van der Waals surface area contributed by atoms with E-state index in [1.165, 1.54) is 0 Å². The van der Waals surface area contributed by atoms with E-state index in [4.69, 9.17) is 0 Å². The van der Waals surface area contributed by atoms with E-state index in [9.17, 15) is 13.5 Å². The monoisotopic (exact) mass is 251 g/mol. The van der Waals surface area contributed by atoms with E-state index < -0.39 is 15.6 Å². The Morgan fingerprint density at radius 3 is 2.38 bits per heavy atom. The van der Waals surface area contributed by atoms with Gasteiger partial charge in [0.25, 0.3) is 0 Å². The van der Waals surface area contributed by atoms with E-state index in [2.05, 4.69) is 18.6 Å². The molecule has 0 saturated carbocycles. The molecule has 0 fully saturated rings. The summed E-state index contributed by atoms with van der Waals surface area (Å²) >= 11 is 0. The fraction of sp³-hybridized carbons (Fsp3) is 1.00. The fourth-order valence-electron chi connectivity index (χ4n) is 1.29. The number of nitrogens with one attached hydrogen (secondary N) is 1. The first-order chi connectivity index (χ1) is 7.18. The standard InChI is InChI=1S/C11H25NO3S/c1-5-8-16(14,15)12-9-11(4,13)7-6-10(2)3/h10,12-13H,5-9H2,1-4H3/t11-/m1/s1. The molecule has 98 valence electrons. The highest BCUT2D eigenvalue weighted by atomic mass is 32.2. The molecule has 0 spiro atoms. The van der Waals surface area contributed by atoms with Gasteiger partial charge in [-0.2, -0.15) is 0 Å². The Morgan fingerprint density at radius 2 is 1.94 bits per heavy atom. The number of sulfonamides is 1. The highest BCUT2D eigenvalue weighted by Gasteiger charge is 2.22. The Morgan fingerprint density at radius 1 is 1.38 bits per heavy atom. The van der Waals surface area contributed by atoms with Crippen LogP contribution in [-0.2, 0) is 10.0 Å². The molecule has 0 unspecified atom stereocenters. The Balaban J connectivity index is 4.07. The topological polar surface area (TPSA) is 66.4 Å². The Labute approximate surface area is 99.5 Å². The van der Waals surface area contributed by atoms with Gasteiger partial charge in [-0.05, 0) is 32.1 Å². The second-order valence-electron chi connectivity index (χ2n) is 5.07. The smallest absolute Gasteiger partial charge is 0.211 e. The van der Waals surface area contributed by atoms with Crippen molar-refractivity contribution in [1.29, 1.82) is 0 Å². The van der Waals surface area contributed by atoms with E-state index in [1.54, 1.807) is 6.92 Å². The van der Waals surface area contributed by atoms with E-state index in [0.29, 0.717) is 18.8 Å². The first kappa shape index (κ1) is 15.9. The van der Waals surface area contributed by atoms with Crippen LogP contribution in [0.1, 0.15) is 47.0 Å². The summed E-state index contributed by atoms with van der Waals surface area (Å²) in [5.74, 6) is 0.631. The number of aliphatic hydroxyl groups is 1. The van der Waals surface area contributed by atoms with Gasteiger partial charge >= 0.3 is 0 Å². The van der Waals surface area contributed by atoms with Gasteiger partial charge in [-0.15, -0.1) is 0 Å². The van der Waals surface area contributed by atoms with Gasteiger partial charge in [0.15, 0.2) is 0 Å². The quantitative estimate of drug-likeness (QED) is 0.687. The molecule has 0 heterocycles. The van der Waals surface area contributed by atoms with Crippen molar-refractivity contribution in [3.63, 3.8) is 0 Å². The average molecular weight is 251 g/mol. The zero-order chi connectivity index (χ0) is 12.8. The van der Waals surface area contributed by atoms with Crippen molar-refractivity contribution in [2.24, 2.45) is 5.92 Å². The lowest BCUT2D eigenvalue weighted by Crippen LogP contribution is -2.41. The third kappa shape index (κ3) is 8.07. The van der Waals surface area contributed by atoms with E-state index in [0.717, 1.165) is 6.42 Å². The highest BCUT2D eigenvalue weighted by Crippen LogP contribution is 2.15. The van der Waals surface area contributed by atoms with Gasteiger partial charge < -0.3 is 5.11 Å². The summed E-state index contributed by atoms with van der Waals surface area (Å²) in [5, 5.41) is 9.97. The van der Waals surface area contributed by atoms with Crippen LogP contribution in [0.3, 0.4) is 0 Å². The van der Waals surface area contributed by atoms with Crippen molar-refractivity contribution >= 4 is 10.0 Å². The number of rotatable bonds is 8. The summed E-state index contributed by atoms with van der Waals surface area (Å²) in [4.78, 5) is 0. The van der Waals surface area contributed by atoms with Gasteiger partial charge in [-0.25, -0.2) is 13.1 Å². The predicted molar refractivity (Wildman–Crippen MR) is 66.8 cm³/mol. The van der Waals surface area contributed by atoms with Crippen molar-refractivity contribution < 1.29 is 13.5 Å². The molecule has 1 atom stereocenters. The normalized spacial score (nSPS) is 16.4. The van der Waals surface area contributed by atoms with Crippen LogP contribution in [0.25, 0.3) is 0 Å². The van der Waals surface area contributed by atoms with Crippen LogP contribution in [0.5, 0.6) is 0 Å². The molecule has 5 heteroatoms. The second-order valence-corrected chi connectivity index (χ2v) is 7.00. The van der Waals surface area contributed by atoms with Crippen molar-refractivity contribution in [1.82, 2.24) is 4.72 Å². The van der Waals surface area contributed by atoms with Crippen LogP contribution >= 0.6 is 0 Å². The Hall–Kier alpha value is -0.130. The predicted octanol–water partition coefficient (Wildman–Crippen LogP) is 1.50. The van der Waals surface area contributed by atoms with Crippen LogP contribution < -0.4 is 4.72 Å². The first-order valence-corrected chi connectivity index (χ1v) is 7.53. The third-order valence-corrected chi connectivity index (χ3v) is 3.94. The maximum absolute atomic E-state index is 11.4. The summed E-state index contributed by atoms with van der Waals surface area (Å²) in [6.07, 6.45) is 2.09. The van der Waals surface area contributed by atoms with Gasteiger partial charge in [0.1, 0.15) is 0 Å². The lowest BCUT2D eigenvalue weighted by Gasteiger charge is -2.24. The van der Waals surface area contributed by atoms with Gasteiger partial charge in [-0.1, -0.05) is 20.8 Å². The second kappa shape index (κ2) is 6.57. The Bertz CT molecular complexity index is 284. The fourth-order valence-corrected chi connectivity index (χ4v) is 2.51. The van der Waals surface area contributed by atoms with Gasteiger partial charge in [0.2, 0.25) is 10.0 Å². The van der Waals surface area contributed by atoms with E-state index in [1.807, 2.05) is 6.92 Å². The molecule has 0 rings (SSSR count). The van der Waals surface area contributed by atoms with E-state index >= 15 is 0 Å². The summed E-state index contributed by atoms with van der Waals surface area (Å²) in [7, 11) is -3.21. The minimum absolute atomic E-state index is 0.0993. The van der Waals surface area contributed by atoms with Crippen LogP contribution in [0, 0.1) is 5.92 Å². The summed E-state index contributed by atoms with van der Waals surface area (Å²) in [6.45, 7) is 7.75. The maximum atomic E-state index is 11.4. The minimum Gasteiger partial charge on any atom is -0.389 e. The van der Waals surface area contributed by atoms with Crippen molar-refractivity contribution in [3.05, 3.63) is 0 Å². The molecule has 0 amide bonds. The maximum Gasteiger partial charge on any atom is 0.211 e. The van der Waals surface area contributed by atoms with Crippen molar-refractivity contribution in [2.75, 3.05) is 12.3 Å². The third-order valence-electron chi connectivity index (χ3n) is 2.41. The first-order valence-electron chi connectivity index (χ1n) is 5.88. The molecule has 0 saturated heterocycles. The van der Waals surface area contributed by atoms with Gasteiger partial charge in [0.05, 0.1) is 11.4 Å². The average Bonchev–Trinajstić information content (AvgIpc) is 2.13. The Kier molecular flexibility index (Phi) is 6.51. The van der Waals surface area contributed by atoms with Crippen molar-refractivity contribution in [3.8, 4) is 0 Å². The zero-order valence-electron chi connectivity index (χ0n) is 10.8. The zero-order valence-corrected chi connectivity index (χ0v) is 11.6. The van der Waals surface area contributed by atoms with Gasteiger partial charge in [0, 0.05) is 6.54 Å². The molecule has 4 nitrogen and oxygen atoms in total. The van der Waals surface area contributed by atoms with Crippen LogP contribution in [0.2, 0.25) is 0 Å². The largest absolute Gasteiger partial charge is 0.389 e. The molecule has 2 N–H and O–H groups in total. The number of hydrogen-bond acceptors (Lipinski definition) is 3.